The van der Waals surface area contributed by atoms with Crippen LogP contribution in [0.3, 0.4) is 0 Å². The van der Waals surface area contributed by atoms with Crippen LogP contribution in [0.25, 0.3) is 0 Å². The van der Waals surface area contributed by atoms with E-state index in [-0.39, 0.29) is 0 Å². The summed E-state index contributed by atoms with van der Waals surface area (Å²) >= 11 is 0. The van der Waals surface area contributed by atoms with Crippen LogP contribution < -0.4 is 4.74 Å². The van der Waals surface area contributed by atoms with E-state index in [9.17, 15) is 15.2 Å². The van der Waals surface area contributed by atoms with Gasteiger partial charge in [-0.2, -0.15) is 0 Å². The van der Waals surface area contributed by atoms with Crippen LogP contribution in [0, 0.1) is 10.1 Å². The van der Waals surface area contributed by atoms with Gasteiger partial charge in [-0.1, -0.05) is 12.1 Å². The van der Waals surface area contributed by atoms with Gasteiger partial charge in [-0.3, -0.25) is 10.1 Å². The van der Waals surface area contributed by atoms with Crippen LogP contribution in [-0.4, -0.2) is 22.7 Å². The molecule has 0 saturated heterocycles. The maximum absolute atomic E-state index is 10.5. The molecular weight excluding hydrogens is 210 g/mol. The predicted octanol–water partition coefficient (Wildman–Crippen LogP) is 1.78. The zero-order valence-corrected chi connectivity index (χ0v) is 9.29. The Morgan fingerprint density at radius 2 is 2.00 bits per heavy atom. The van der Waals surface area contributed by atoms with E-state index in [2.05, 4.69) is 0 Å². The van der Waals surface area contributed by atoms with Crippen molar-refractivity contribution in [2.24, 2.45) is 0 Å². The van der Waals surface area contributed by atoms with E-state index in [0.717, 1.165) is 0 Å². The third-order valence-corrected chi connectivity index (χ3v) is 2.32. The molecule has 5 nitrogen and oxygen atoms in total. The van der Waals surface area contributed by atoms with Crippen LogP contribution in [0.2, 0.25) is 0 Å². The number of benzene rings is 1. The second-order valence-corrected chi connectivity index (χ2v) is 3.47. The van der Waals surface area contributed by atoms with E-state index >= 15 is 0 Å². The fourth-order valence-electron chi connectivity index (χ4n) is 1.32. The lowest BCUT2D eigenvalue weighted by Gasteiger charge is -2.13. The molecule has 1 aromatic carbocycles. The predicted molar refractivity (Wildman–Crippen MR) is 59.0 cm³/mol. The first-order valence-electron chi connectivity index (χ1n) is 5.10. The van der Waals surface area contributed by atoms with Gasteiger partial charge in [0.05, 0.1) is 6.61 Å². The van der Waals surface area contributed by atoms with E-state index < -0.39 is 17.1 Å². The second kappa shape index (κ2) is 5.46. The summed E-state index contributed by atoms with van der Waals surface area (Å²) in [6, 6.07) is 5.63. The molecule has 1 aromatic rings. The first-order chi connectivity index (χ1) is 7.56. The Kier molecular flexibility index (Phi) is 4.25. The van der Waals surface area contributed by atoms with Crippen LogP contribution in [0.15, 0.2) is 24.3 Å². The molecule has 0 saturated carbocycles. The number of aliphatic hydroxyl groups excluding tert-OH is 1. The van der Waals surface area contributed by atoms with Crippen LogP contribution in [0.5, 0.6) is 5.75 Å². The Labute approximate surface area is 93.8 Å². The third-order valence-electron chi connectivity index (χ3n) is 2.32. The van der Waals surface area contributed by atoms with Gasteiger partial charge in [0.15, 0.2) is 0 Å². The lowest BCUT2D eigenvalue weighted by molar-refractivity contribution is -0.531. The lowest BCUT2D eigenvalue weighted by atomic mass is 10.0. The van der Waals surface area contributed by atoms with Crippen molar-refractivity contribution in [3.05, 3.63) is 39.9 Å². The molecule has 0 aromatic heterocycles. The Balaban J connectivity index is 2.77. The summed E-state index contributed by atoms with van der Waals surface area (Å²) in [5, 5.41) is 20.2. The van der Waals surface area contributed by atoms with Crippen LogP contribution >= 0.6 is 0 Å². The Morgan fingerprint density at radius 1 is 1.44 bits per heavy atom. The smallest absolute Gasteiger partial charge is 0.239 e. The minimum atomic E-state index is -1.09. The maximum Gasteiger partial charge on any atom is 0.239 e. The van der Waals surface area contributed by atoms with Gasteiger partial charge < -0.3 is 9.84 Å². The van der Waals surface area contributed by atoms with E-state index in [1.165, 1.54) is 6.92 Å². The molecule has 16 heavy (non-hydrogen) atoms. The van der Waals surface area contributed by atoms with E-state index in [1.807, 2.05) is 6.92 Å². The summed E-state index contributed by atoms with van der Waals surface area (Å²) in [4.78, 5) is 10.0. The summed E-state index contributed by atoms with van der Waals surface area (Å²) in [6.07, 6.45) is -1.09. The number of ether oxygens (including phenoxy) is 1. The van der Waals surface area contributed by atoms with E-state index in [0.29, 0.717) is 17.9 Å². The van der Waals surface area contributed by atoms with Crippen molar-refractivity contribution in [1.29, 1.82) is 0 Å². The topological polar surface area (TPSA) is 72.6 Å². The highest BCUT2D eigenvalue weighted by Crippen LogP contribution is 2.21. The van der Waals surface area contributed by atoms with Crippen LogP contribution in [-0.2, 0) is 0 Å². The largest absolute Gasteiger partial charge is 0.494 e. The van der Waals surface area contributed by atoms with E-state index in [4.69, 9.17) is 4.74 Å². The van der Waals surface area contributed by atoms with Crippen molar-refractivity contribution >= 4 is 0 Å². The molecule has 2 atom stereocenters. The molecule has 0 aliphatic heterocycles. The fourth-order valence-corrected chi connectivity index (χ4v) is 1.32. The van der Waals surface area contributed by atoms with Crippen molar-refractivity contribution in [2.45, 2.75) is 26.0 Å². The average Bonchev–Trinajstić information content (AvgIpc) is 2.28. The Morgan fingerprint density at radius 3 is 2.44 bits per heavy atom. The van der Waals surface area contributed by atoms with Gasteiger partial charge in [0.2, 0.25) is 6.04 Å². The second-order valence-electron chi connectivity index (χ2n) is 3.47. The summed E-state index contributed by atoms with van der Waals surface area (Å²) in [5.41, 5.74) is 0.521. The Hall–Kier alpha value is -1.62. The first-order valence-corrected chi connectivity index (χ1v) is 5.10. The molecule has 5 heteroatoms. The molecule has 0 bridgehead atoms. The quantitative estimate of drug-likeness (QED) is 0.612. The molecule has 0 radical (unpaired) electrons. The summed E-state index contributed by atoms with van der Waals surface area (Å²) in [5.74, 6) is 0.687. The SMILES string of the molecule is CCOc1ccc(C(O)C(C)[N+](=O)[O-])cc1. The molecule has 0 aliphatic carbocycles. The molecule has 0 heterocycles. The van der Waals surface area contributed by atoms with Gasteiger partial charge >= 0.3 is 0 Å². The third kappa shape index (κ3) is 2.93. The lowest BCUT2D eigenvalue weighted by Crippen LogP contribution is -2.23. The molecule has 88 valence electrons. The highest BCUT2D eigenvalue weighted by atomic mass is 16.6. The van der Waals surface area contributed by atoms with Crippen molar-refractivity contribution in [2.75, 3.05) is 6.61 Å². The van der Waals surface area contributed by atoms with Crippen molar-refractivity contribution in [1.82, 2.24) is 0 Å². The minimum absolute atomic E-state index is 0.499. The number of hydrogen-bond donors (Lipinski definition) is 1. The molecule has 1 N–H and O–H groups in total. The molecule has 0 aliphatic rings. The monoisotopic (exact) mass is 225 g/mol. The number of hydrogen-bond acceptors (Lipinski definition) is 4. The van der Waals surface area contributed by atoms with Gasteiger partial charge in [-0.25, -0.2) is 0 Å². The molecule has 0 amide bonds. The molecule has 0 spiro atoms. The number of aliphatic hydroxyl groups is 1. The van der Waals surface area contributed by atoms with Gasteiger partial charge in [0, 0.05) is 11.8 Å². The standard InChI is InChI=1S/C11H15NO4/c1-3-16-10-6-4-9(5-7-10)11(13)8(2)12(14)15/h4-8,11,13H,3H2,1-2H3. The fraction of sp³-hybridized carbons (Fsp3) is 0.455. The molecule has 2 unspecified atom stereocenters. The van der Waals surface area contributed by atoms with Crippen molar-refractivity contribution in [3.8, 4) is 5.75 Å². The zero-order chi connectivity index (χ0) is 12.1. The van der Waals surface area contributed by atoms with Crippen LogP contribution in [0.4, 0.5) is 0 Å². The highest BCUT2D eigenvalue weighted by molar-refractivity contribution is 5.28. The van der Waals surface area contributed by atoms with Crippen molar-refractivity contribution in [3.63, 3.8) is 0 Å². The van der Waals surface area contributed by atoms with Crippen LogP contribution in [0.1, 0.15) is 25.5 Å². The number of rotatable bonds is 5. The van der Waals surface area contributed by atoms with Gasteiger partial charge in [0.1, 0.15) is 11.9 Å². The van der Waals surface area contributed by atoms with E-state index in [1.54, 1.807) is 24.3 Å². The van der Waals surface area contributed by atoms with Gasteiger partial charge in [-0.05, 0) is 24.6 Å². The molecule has 1 rings (SSSR count). The first kappa shape index (κ1) is 12.4. The summed E-state index contributed by atoms with van der Waals surface area (Å²) in [6.45, 7) is 3.81. The number of nitrogens with zero attached hydrogens (tertiary/aromatic N) is 1. The zero-order valence-electron chi connectivity index (χ0n) is 9.29. The number of nitro groups is 1. The minimum Gasteiger partial charge on any atom is -0.494 e. The molecular formula is C11H15NO4. The highest BCUT2D eigenvalue weighted by Gasteiger charge is 2.25. The Bertz CT molecular complexity index is 350. The van der Waals surface area contributed by atoms with Crippen molar-refractivity contribution < 1.29 is 14.8 Å². The van der Waals surface area contributed by atoms with Gasteiger partial charge in [0.25, 0.3) is 0 Å². The average molecular weight is 225 g/mol. The summed E-state index contributed by atoms with van der Waals surface area (Å²) < 4.78 is 5.23. The summed E-state index contributed by atoms with van der Waals surface area (Å²) in [7, 11) is 0. The maximum atomic E-state index is 10.5. The molecule has 0 fully saturated rings. The normalized spacial score (nSPS) is 14.2. The van der Waals surface area contributed by atoms with Gasteiger partial charge in [-0.15, -0.1) is 0 Å².